The summed E-state index contributed by atoms with van der Waals surface area (Å²) >= 11 is 3.35. The first-order valence-corrected chi connectivity index (χ1v) is 7.46. The molecular formula is C15H18BrN3O. The monoisotopic (exact) mass is 335 g/mol. The number of nitrogens with zero attached hydrogens (tertiary/aromatic N) is 2. The van der Waals surface area contributed by atoms with Crippen LogP contribution in [0.1, 0.15) is 37.9 Å². The molecule has 2 unspecified atom stereocenters. The first-order valence-electron chi connectivity index (χ1n) is 6.66. The summed E-state index contributed by atoms with van der Waals surface area (Å²) in [7, 11) is 0. The number of aromatic nitrogens is 2. The Morgan fingerprint density at radius 2 is 2.10 bits per heavy atom. The lowest BCUT2D eigenvalue weighted by Crippen LogP contribution is -2.34. The van der Waals surface area contributed by atoms with Gasteiger partial charge in [-0.3, -0.25) is 9.48 Å². The van der Waals surface area contributed by atoms with Crippen LogP contribution in [-0.4, -0.2) is 15.7 Å². The van der Waals surface area contributed by atoms with E-state index in [2.05, 4.69) is 26.3 Å². The summed E-state index contributed by atoms with van der Waals surface area (Å²) in [6.45, 7) is 3.96. The van der Waals surface area contributed by atoms with Crippen molar-refractivity contribution in [2.75, 3.05) is 0 Å². The van der Waals surface area contributed by atoms with Crippen LogP contribution in [-0.2, 0) is 4.79 Å². The normalized spacial score (nSPS) is 13.8. The smallest absolute Gasteiger partial charge is 0.245 e. The van der Waals surface area contributed by atoms with Crippen molar-refractivity contribution in [2.24, 2.45) is 0 Å². The summed E-state index contributed by atoms with van der Waals surface area (Å²) in [6.07, 6.45) is 4.21. The molecule has 4 nitrogen and oxygen atoms in total. The number of carbonyl (C=O) groups excluding carboxylic acids is 1. The molecule has 0 saturated heterocycles. The number of nitrogens with one attached hydrogen (secondary N) is 1. The molecule has 0 radical (unpaired) electrons. The molecule has 1 heterocycles. The molecule has 106 valence electrons. The number of halogens is 1. The Morgan fingerprint density at radius 3 is 2.65 bits per heavy atom. The van der Waals surface area contributed by atoms with E-state index in [-0.39, 0.29) is 18.0 Å². The summed E-state index contributed by atoms with van der Waals surface area (Å²) in [5.74, 6) is -0.0144. The van der Waals surface area contributed by atoms with Gasteiger partial charge in [-0.1, -0.05) is 37.3 Å². The van der Waals surface area contributed by atoms with Crippen LogP contribution in [0.2, 0.25) is 0 Å². The van der Waals surface area contributed by atoms with Crippen molar-refractivity contribution in [2.45, 2.75) is 32.4 Å². The van der Waals surface area contributed by atoms with Crippen LogP contribution in [0.5, 0.6) is 0 Å². The third kappa shape index (κ3) is 3.48. The van der Waals surface area contributed by atoms with Gasteiger partial charge in [-0.25, -0.2) is 0 Å². The van der Waals surface area contributed by atoms with E-state index in [9.17, 15) is 4.79 Å². The minimum atomic E-state index is -0.285. The molecule has 1 aromatic carbocycles. The highest BCUT2D eigenvalue weighted by Crippen LogP contribution is 2.17. The molecule has 2 aromatic rings. The van der Waals surface area contributed by atoms with E-state index in [4.69, 9.17) is 0 Å². The van der Waals surface area contributed by atoms with Crippen molar-refractivity contribution >= 4 is 21.8 Å². The Kier molecular flexibility index (Phi) is 4.95. The van der Waals surface area contributed by atoms with E-state index in [1.54, 1.807) is 10.9 Å². The molecule has 1 N–H and O–H groups in total. The summed E-state index contributed by atoms with van der Waals surface area (Å²) in [6, 6.07) is 9.63. The third-order valence-electron chi connectivity index (χ3n) is 3.24. The van der Waals surface area contributed by atoms with Crippen LogP contribution in [0, 0.1) is 0 Å². The predicted octanol–water partition coefficient (Wildman–Crippen LogP) is 3.47. The standard InChI is InChI=1S/C15H18BrN3O/c1-3-14(19-10-13(16)9-17-19)15(20)18-11(2)12-7-5-4-6-8-12/h4-11,14H,3H2,1-2H3,(H,18,20). The zero-order valence-electron chi connectivity index (χ0n) is 11.6. The lowest BCUT2D eigenvalue weighted by atomic mass is 10.1. The third-order valence-corrected chi connectivity index (χ3v) is 3.65. The minimum absolute atomic E-state index is 0.0144. The molecule has 0 aliphatic carbocycles. The Balaban J connectivity index is 2.06. The summed E-state index contributed by atoms with van der Waals surface area (Å²) in [4.78, 5) is 12.4. The zero-order chi connectivity index (χ0) is 14.5. The highest BCUT2D eigenvalue weighted by atomic mass is 79.9. The second-order valence-corrected chi connectivity index (χ2v) is 5.62. The maximum atomic E-state index is 12.4. The Bertz CT molecular complexity index is 568. The van der Waals surface area contributed by atoms with Gasteiger partial charge < -0.3 is 5.32 Å². The molecule has 1 amide bonds. The Morgan fingerprint density at radius 1 is 1.40 bits per heavy atom. The number of benzene rings is 1. The second-order valence-electron chi connectivity index (χ2n) is 4.70. The maximum Gasteiger partial charge on any atom is 0.245 e. The molecule has 0 aliphatic heterocycles. The van der Waals surface area contributed by atoms with Gasteiger partial charge in [0.25, 0.3) is 0 Å². The molecule has 0 saturated carbocycles. The van der Waals surface area contributed by atoms with Crippen LogP contribution in [0.25, 0.3) is 0 Å². The molecule has 20 heavy (non-hydrogen) atoms. The SMILES string of the molecule is CCC(C(=O)NC(C)c1ccccc1)n1cc(Br)cn1. The highest BCUT2D eigenvalue weighted by Gasteiger charge is 2.21. The van der Waals surface area contributed by atoms with Crippen LogP contribution < -0.4 is 5.32 Å². The zero-order valence-corrected chi connectivity index (χ0v) is 13.2. The first-order chi connectivity index (χ1) is 9.61. The van der Waals surface area contributed by atoms with Gasteiger partial charge in [0.15, 0.2) is 0 Å². The molecule has 0 bridgehead atoms. The van der Waals surface area contributed by atoms with Crippen LogP contribution in [0.15, 0.2) is 47.2 Å². The molecule has 0 fully saturated rings. The van der Waals surface area contributed by atoms with Crippen molar-refractivity contribution in [3.8, 4) is 0 Å². The van der Waals surface area contributed by atoms with Crippen LogP contribution in [0.3, 0.4) is 0 Å². The van der Waals surface area contributed by atoms with Gasteiger partial charge in [-0.15, -0.1) is 0 Å². The van der Waals surface area contributed by atoms with Crippen molar-refractivity contribution in [1.29, 1.82) is 0 Å². The minimum Gasteiger partial charge on any atom is -0.348 e. The van der Waals surface area contributed by atoms with E-state index in [0.717, 1.165) is 10.0 Å². The molecule has 2 rings (SSSR count). The van der Waals surface area contributed by atoms with Gasteiger partial charge >= 0.3 is 0 Å². The summed E-state index contributed by atoms with van der Waals surface area (Å²) in [5.41, 5.74) is 1.09. The maximum absolute atomic E-state index is 12.4. The molecule has 0 spiro atoms. The van der Waals surface area contributed by atoms with Gasteiger partial charge in [0.1, 0.15) is 6.04 Å². The number of carbonyl (C=O) groups is 1. The van der Waals surface area contributed by atoms with E-state index >= 15 is 0 Å². The number of hydrogen-bond acceptors (Lipinski definition) is 2. The fourth-order valence-electron chi connectivity index (χ4n) is 2.11. The van der Waals surface area contributed by atoms with Crippen molar-refractivity contribution < 1.29 is 4.79 Å². The van der Waals surface area contributed by atoms with Crippen LogP contribution >= 0.6 is 15.9 Å². The Labute approximate surface area is 127 Å². The largest absolute Gasteiger partial charge is 0.348 e. The lowest BCUT2D eigenvalue weighted by Gasteiger charge is -2.20. The molecule has 2 atom stereocenters. The van der Waals surface area contributed by atoms with Crippen molar-refractivity contribution in [1.82, 2.24) is 15.1 Å². The summed E-state index contributed by atoms with van der Waals surface area (Å²) < 4.78 is 2.57. The van der Waals surface area contributed by atoms with Crippen molar-refractivity contribution in [3.05, 3.63) is 52.8 Å². The average Bonchev–Trinajstić information content (AvgIpc) is 2.87. The topological polar surface area (TPSA) is 46.9 Å². The van der Waals surface area contributed by atoms with Gasteiger partial charge in [-0.05, 0) is 34.8 Å². The summed E-state index contributed by atoms with van der Waals surface area (Å²) in [5, 5.41) is 7.24. The number of rotatable bonds is 5. The molecule has 1 aromatic heterocycles. The van der Waals surface area contributed by atoms with Gasteiger partial charge in [0.2, 0.25) is 5.91 Å². The average molecular weight is 336 g/mol. The highest BCUT2D eigenvalue weighted by molar-refractivity contribution is 9.10. The Hall–Kier alpha value is -1.62. The fourth-order valence-corrected chi connectivity index (χ4v) is 2.41. The second kappa shape index (κ2) is 6.70. The lowest BCUT2D eigenvalue weighted by molar-refractivity contribution is -0.125. The fraction of sp³-hybridized carbons (Fsp3) is 0.333. The van der Waals surface area contributed by atoms with Gasteiger partial charge in [0, 0.05) is 6.20 Å². The van der Waals surface area contributed by atoms with Gasteiger partial charge in [-0.2, -0.15) is 5.10 Å². The van der Waals surface area contributed by atoms with Gasteiger partial charge in [0.05, 0.1) is 16.7 Å². The van der Waals surface area contributed by atoms with E-state index < -0.39 is 0 Å². The predicted molar refractivity (Wildman–Crippen MR) is 82.3 cm³/mol. The van der Waals surface area contributed by atoms with E-state index in [0.29, 0.717) is 6.42 Å². The van der Waals surface area contributed by atoms with Crippen LogP contribution in [0.4, 0.5) is 0 Å². The number of hydrogen-bond donors (Lipinski definition) is 1. The molecule has 0 aliphatic rings. The van der Waals surface area contributed by atoms with Crippen molar-refractivity contribution in [3.63, 3.8) is 0 Å². The first kappa shape index (κ1) is 14.8. The van der Waals surface area contributed by atoms with E-state index in [1.807, 2.05) is 50.4 Å². The molecular weight excluding hydrogens is 318 g/mol. The molecule has 5 heteroatoms. The number of amides is 1. The van der Waals surface area contributed by atoms with E-state index in [1.165, 1.54) is 0 Å². The quantitative estimate of drug-likeness (QED) is 0.909.